The number of benzene rings is 1. The van der Waals surface area contributed by atoms with Crippen molar-refractivity contribution in [1.82, 2.24) is 10.6 Å². The molecule has 140 valence electrons. The van der Waals surface area contributed by atoms with Crippen LogP contribution in [0, 0.1) is 11.8 Å². The van der Waals surface area contributed by atoms with E-state index >= 15 is 0 Å². The topological polar surface area (TPSA) is 58.2 Å². The highest BCUT2D eigenvalue weighted by atomic mass is 35.5. The van der Waals surface area contributed by atoms with Crippen molar-refractivity contribution in [2.45, 2.75) is 42.3 Å². The van der Waals surface area contributed by atoms with Crippen molar-refractivity contribution in [2.24, 2.45) is 11.8 Å². The maximum atomic E-state index is 13.0. The van der Waals surface area contributed by atoms with E-state index in [1.807, 2.05) is 6.92 Å². The molecular formula is C16H20ClF3N2O2S. The van der Waals surface area contributed by atoms with Crippen molar-refractivity contribution < 1.29 is 21.6 Å². The molecule has 2 N–H and O–H groups in total. The van der Waals surface area contributed by atoms with Gasteiger partial charge in [0.1, 0.15) is 5.37 Å². The molecule has 2 fully saturated rings. The van der Waals surface area contributed by atoms with Crippen LogP contribution in [0.25, 0.3) is 0 Å². The predicted octanol–water partition coefficient (Wildman–Crippen LogP) is 3.07. The van der Waals surface area contributed by atoms with E-state index in [2.05, 4.69) is 10.6 Å². The molecule has 0 radical (unpaired) electrons. The number of fused-ring (bicyclic) bond motifs is 1. The molecule has 2 aliphatic rings. The Balaban J connectivity index is 1.88. The normalized spacial score (nSPS) is 29.8. The van der Waals surface area contributed by atoms with Crippen molar-refractivity contribution >= 4 is 21.4 Å². The molecule has 1 aliphatic heterocycles. The molecule has 4 unspecified atom stereocenters. The molecule has 0 aromatic heterocycles. The summed E-state index contributed by atoms with van der Waals surface area (Å²) in [5, 5.41) is 5.23. The summed E-state index contributed by atoms with van der Waals surface area (Å²) in [5.41, 5.74) is -0.957. The maximum absolute atomic E-state index is 13.0. The quantitative estimate of drug-likeness (QED) is 0.821. The number of nitrogens with one attached hydrogen (secondary N) is 2. The maximum Gasteiger partial charge on any atom is 0.416 e. The van der Waals surface area contributed by atoms with Crippen molar-refractivity contribution in [3.8, 4) is 0 Å². The molecule has 25 heavy (non-hydrogen) atoms. The Morgan fingerprint density at radius 2 is 2.00 bits per heavy atom. The van der Waals surface area contributed by atoms with Crippen LogP contribution in [0.2, 0.25) is 5.02 Å². The van der Waals surface area contributed by atoms with Gasteiger partial charge in [-0.15, -0.1) is 0 Å². The monoisotopic (exact) mass is 396 g/mol. The summed E-state index contributed by atoms with van der Waals surface area (Å²) >= 11 is 5.90. The third kappa shape index (κ3) is 3.41. The summed E-state index contributed by atoms with van der Waals surface area (Å²) < 4.78 is 64.2. The molecule has 0 spiro atoms. The first kappa shape index (κ1) is 18.9. The van der Waals surface area contributed by atoms with Crippen LogP contribution in [-0.4, -0.2) is 32.9 Å². The Kier molecular flexibility index (Phi) is 5.09. The number of rotatable bonds is 4. The number of hydrogen-bond acceptors (Lipinski definition) is 4. The Morgan fingerprint density at radius 3 is 2.60 bits per heavy atom. The van der Waals surface area contributed by atoms with Gasteiger partial charge in [-0.3, -0.25) is 0 Å². The highest BCUT2D eigenvalue weighted by Crippen LogP contribution is 2.42. The molecule has 1 saturated heterocycles. The second-order valence-corrected chi connectivity index (χ2v) is 9.03. The highest BCUT2D eigenvalue weighted by Gasteiger charge is 2.50. The van der Waals surface area contributed by atoms with Gasteiger partial charge in [-0.1, -0.05) is 18.5 Å². The lowest BCUT2D eigenvalue weighted by molar-refractivity contribution is -0.137. The van der Waals surface area contributed by atoms with E-state index in [9.17, 15) is 21.6 Å². The molecular weight excluding hydrogens is 377 g/mol. The number of halogens is 4. The zero-order chi connectivity index (χ0) is 18.4. The number of hydrogen-bond donors (Lipinski definition) is 2. The smallest absolute Gasteiger partial charge is 0.314 e. The van der Waals surface area contributed by atoms with Gasteiger partial charge >= 0.3 is 6.18 Å². The third-order valence-electron chi connectivity index (χ3n) is 5.19. The van der Waals surface area contributed by atoms with Crippen LogP contribution >= 0.6 is 11.6 Å². The lowest BCUT2D eigenvalue weighted by atomic mass is 9.97. The minimum Gasteiger partial charge on any atom is -0.314 e. The Hall–Kier alpha value is -0.830. The summed E-state index contributed by atoms with van der Waals surface area (Å²) in [5.74, 6) is 0.139. The van der Waals surface area contributed by atoms with E-state index in [1.165, 1.54) is 0 Å². The van der Waals surface area contributed by atoms with Crippen molar-refractivity contribution in [3.05, 3.63) is 28.8 Å². The average Bonchev–Trinajstić information content (AvgIpc) is 3.09. The van der Waals surface area contributed by atoms with Crippen LogP contribution in [0.15, 0.2) is 23.1 Å². The van der Waals surface area contributed by atoms with E-state index in [1.54, 1.807) is 0 Å². The second kappa shape index (κ2) is 6.72. The average molecular weight is 397 g/mol. The Labute approximate surface area is 150 Å². The lowest BCUT2D eigenvalue weighted by Gasteiger charge is -2.21. The van der Waals surface area contributed by atoms with Gasteiger partial charge in [-0.05, 0) is 49.4 Å². The van der Waals surface area contributed by atoms with Crippen molar-refractivity contribution in [2.75, 3.05) is 13.1 Å². The van der Waals surface area contributed by atoms with Gasteiger partial charge in [0.2, 0.25) is 0 Å². The Bertz CT molecular complexity index is 754. The molecule has 9 heteroatoms. The molecule has 3 rings (SSSR count). The SMILES string of the molecule is CCNC1CCC2C1CNC2S(=O)(=O)c1ccc(C(F)(F)F)cc1Cl. The molecule has 1 aliphatic carbocycles. The minimum absolute atomic E-state index is 0.0626. The molecule has 4 atom stereocenters. The van der Waals surface area contributed by atoms with Crippen LogP contribution in [0.3, 0.4) is 0 Å². The molecule has 4 nitrogen and oxygen atoms in total. The van der Waals surface area contributed by atoms with Crippen LogP contribution in [0.1, 0.15) is 25.3 Å². The first-order chi connectivity index (χ1) is 11.7. The van der Waals surface area contributed by atoms with Gasteiger partial charge in [-0.25, -0.2) is 8.42 Å². The van der Waals surface area contributed by atoms with Crippen LogP contribution in [0.4, 0.5) is 13.2 Å². The molecule has 0 bridgehead atoms. The van der Waals surface area contributed by atoms with E-state index < -0.39 is 27.0 Å². The van der Waals surface area contributed by atoms with E-state index in [0.717, 1.165) is 31.5 Å². The van der Waals surface area contributed by atoms with Gasteiger partial charge in [0.25, 0.3) is 0 Å². The molecule has 1 aromatic carbocycles. The van der Waals surface area contributed by atoms with Gasteiger partial charge in [-0.2, -0.15) is 13.2 Å². The van der Waals surface area contributed by atoms with Crippen LogP contribution in [0.5, 0.6) is 0 Å². The summed E-state index contributed by atoms with van der Waals surface area (Å²) in [6.07, 6.45) is -2.90. The summed E-state index contributed by atoms with van der Waals surface area (Å²) in [7, 11) is -3.86. The largest absolute Gasteiger partial charge is 0.416 e. The van der Waals surface area contributed by atoms with Gasteiger partial charge in [0.15, 0.2) is 9.84 Å². The standard InChI is InChI=1S/C16H20ClF3N2O2S/c1-2-21-13-5-4-10-11(13)8-22-15(10)25(23,24)14-6-3-9(7-12(14)17)16(18,19)20/h3,6-7,10-11,13,15,21-22H,2,4-5,8H2,1H3. The van der Waals surface area contributed by atoms with Gasteiger partial charge in [0.05, 0.1) is 15.5 Å². The van der Waals surface area contributed by atoms with Crippen LogP contribution in [-0.2, 0) is 16.0 Å². The lowest BCUT2D eigenvalue weighted by Crippen LogP contribution is -2.35. The van der Waals surface area contributed by atoms with Crippen molar-refractivity contribution in [3.63, 3.8) is 0 Å². The van der Waals surface area contributed by atoms with E-state index in [4.69, 9.17) is 11.6 Å². The van der Waals surface area contributed by atoms with Crippen molar-refractivity contribution in [1.29, 1.82) is 0 Å². The zero-order valence-electron chi connectivity index (χ0n) is 13.6. The Morgan fingerprint density at radius 1 is 1.28 bits per heavy atom. The van der Waals surface area contributed by atoms with Gasteiger partial charge in [0, 0.05) is 12.6 Å². The van der Waals surface area contributed by atoms with Crippen LogP contribution < -0.4 is 10.6 Å². The summed E-state index contributed by atoms with van der Waals surface area (Å²) in [6.45, 7) is 3.40. The molecule has 1 heterocycles. The fraction of sp³-hybridized carbons (Fsp3) is 0.625. The van der Waals surface area contributed by atoms with Gasteiger partial charge < -0.3 is 10.6 Å². The first-order valence-electron chi connectivity index (χ1n) is 8.23. The third-order valence-corrected chi connectivity index (χ3v) is 7.77. The second-order valence-electron chi connectivity index (χ2n) is 6.59. The van der Waals surface area contributed by atoms with E-state index in [-0.39, 0.29) is 27.8 Å². The molecule has 0 amide bonds. The van der Waals surface area contributed by atoms with E-state index in [0.29, 0.717) is 12.6 Å². The molecule has 1 saturated carbocycles. The first-order valence-corrected chi connectivity index (χ1v) is 10.2. The highest BCUT2D eigenvalue weighted by molar-refractivity contribution is 7.92. The fourth-order valence-corrected chi connectivity index (χ4v) is 6.55. The number of alkyl halides is 3. The zero-order valence-corrected chi connectivity index (χ0v) is 15.2. The fourth-order valence-electron chi connectivity index (χ4n) is 4.07. The number of sulfone groups is 1. The predicted molar refractivity (Wildman–Crippen MR) is 89.1 cm³/mol. The molecule has 1 aromatic rings. The minimum atomic E-state index is -4.56. The summed E-state index contributed by atoms with van der Waals surface area (Å²) in [6, 6.07) is 2.68. The summed E-state index contributed by atoms with van der Waals surface area (Å²) in [4.78, 5) is -0.243.